The number of hydrogen-bond acceptors (Lipinski definition) is 5. The quantitative estimate of drug-likeness (QED) is 0.804. The Morgan fingerprint density at radius 3 is 2.79 bits per heavy atom. The molecule has 0 amide bonds. The van der Waals surface area contributed by atoms with Crippen LogP contribution in [0.4, 0.5) is 5.00 Å². The fourth-order valence-corrected chi connectivity index (χ4v) is 2.20. The molecule has 0 saturated carbocycles. The molecule has 0 aliphatic carbocycles. The Labute approximate surface area is 88.3 Å². The number of nitrogens with zero attached hydrogens (tertiary/aromatic N) is 3. The van der Waals surface area contributed by atoms with Gasteiger partial charge in [-0.15, -0.1) is 5.10 Å². The van der Waals surface area contributed by atoms with Crippen molar-refractivity contribution >= 4 is 16.5 Å². The molecule has 0 spiro atoms. The van der Waals surface area contributed by atoms with Crippen LogP contribution in [0.15, 0.2) is 0 Å². The summed E-state index contributed by atoms with van der Waals surface area (Å²) in [4.78, 5) is 2.41. The van der Waals surface area contributed by atoms with Gasteiger partial charge >= 0.3 is 0 Å². The standard InChI is InChI=1S/C9H16N4S/c1-7-2-4-13(5-3-7)6-8-9(10)14-12-11-8/h7H,2-6,10H2,1H3. The van der Waals surface area contributed by atoms with E-state index in [0.29, 0.717) is 0 Å². The first-order valence-corrected chi connectivity index (χ1v) is 5.82. The smallest absolute Gasteiger partial charge is 0.132 e. The molecule has 1 aliphatic heterocycles. The SMILES string of the molecule is CC1CCN(Cc2nnsc2N)CC1. The first-order valence-electron chi connectivity index (χ1n) is 5.05. The summed E-state index contributed by atoms with van der Waals surface area (Å²) in [5.74, 6) is 0.872. The average molecular weight is 212 g/mol. The zero-order valence-electron chi connectivity index (χ0n) is 8.44. The van der Waals surface area contributed by atoms with E-state index in [0.717, 1.165) is 36.2 Å². The number of anilines is 1. The molecular formula is C9H16N4S. The summed E-state index contributed by atoms with van der Waals surface area (Å²) in [5, 5.41) is 4.80. The molecule has 0 radical (unpaired) electrons. The fraction of sp³-hybridized carbons (Fsp3) is 0.778. The van der Waals surface area contributed by atoms with E-state index >= 15 is 0 Å². The van der Waals surface area contributed by atoms with Gasteiger partial charge in [-0.25, -0.2) is 0 Å². The van der Waals surface area contributed by atoms with Gasteiger partial charge in [-0.3, -0.25) is 4.90 Å². The van der Waals surface area contributed by atoms with Gasteiger partial charge in [0.2, 0.25) is 0 Å². The first kappa shape index (κ1) is 9.86. The highest BCUT2D eigenvalue weighted by atomic mass is 32.1. The molecule has 2 rings (SSSR count). The van der Waals surface area contributed by atoms with Crippen LogP contribution >= 0.6 is 11.5 Å². The Morgan fingerprint density at radius 1 is 1.50 bits per heavy atom. The molecule has 1 fully saturated rings. The van der Waals surface area contributed by atoms with Gasteiger partial charge in [0.25, 0.3) is 0 Å². The number of nitrogens with two attached hydrogens (primary N) is 1. The van der Waals surface area contributed by atoms with Crippen molar-refractivity contribution < 1.29 is 0 Å². The average Bonchev–Trinajstić information content (AvgIpc) is 2.56. The number of likely N-dealkylation sites (tertiary alicyclic amines) is 1. The Hall–Kier alpha value is -0.680. The highest BCUT2D eigenvalue weighted by molar-refractivity contribution is 7.09. The predicted octanol–water partition coefficient (Wildman–Crippen LogP) is 1.35. The van der Waals surface area contributed by atoms with Gasteiger partial charge in [-0.05, 0) is 31.8 Å². The molecular weight excluding hydrogens is 196 g/mol. The summed E-state index contributed by atoms with van der Waals surface area (Å²) in [6.07, 6.45) is 2.58. The fourth-order valence-electron chi connectivity index (χ4n) is 1.76. The van der Waals surface area contributed by atoms with Crippen molar-refractivity contribution in [3.8, 4) is 0 Å². The lowest BCUT2D eigenvalue weighted by molar-refractivity contribution is 0.183. The molecule has 4 nitrogen and oxygen atoms in total. The summed E-state index contributed by atoms with van der Waals surface area (Å²) in [6, 6.07) is 0. The maximum absolute atomic E-state index is 5.75. The van der Waals surface area contributed by atoms with E-state index in [2.05, 4.69) is 21.4 Å². The Morgan fingerprint density at radius 2 is 2.21 bits per heavy atom. The van der Waals surface area contributed by atoms with Crippen LogP contribution < -0.4 is 5.73 Å². The van der Waals surface area contributed by atoms with Gasteiger partial charge in [0.15, 0.2) is 0 Å². The summed E-state index contributed by atoms with van der Waals surface area (Å²) in [6.45, 7) is 5.52. The number of nitrogen functional groups attached to an aromatic ring is 1. The van der Waals surface area contributed by atoms with Gasteiger partial charge in [-0.1, -0.05) is 11.4 Å². The Balaban J connectivity index is 1.89. The van der Waals surface area contributed by atoms with Crippen molar-refractivity contribution in [3.05, 3.63) is 5.69 Å². The monoisotopic (exact) mass is 212 g/mol. The molecule has 14 heavy (non-hydrogen) atoms. The van der Waals surface area contributed by atoms with Crippen molar-refractivity contribution in [2.45, 2.75) is 26.3 Å². The van der Waals surface area contributed by atoms with Crippen LogP contribution in [0.5, 0.6) is 0 Å². The van der Waals surface area contributed by atoms with Crippen LogP contribution in [0.25, 0.3) is 0 Å². The lowest BCUT2D eigenvalue weighted by Crippen LogP contribution is -2.32. The zero-order chi connectivity index (χ0) is 9.97. The molecule has 2 heterocycles. The van der Waals surface area contributed by atoms with Crippen LogP contribution in [-0.2, 0) is 6.54 Å². The second-order valence-corrected chi connectivity index (χ2v) is 4.83. The third-order valence-corrected chi connectivity index (χ3v) is 3.43. The van der Waals surface area contributed by atoms with Crippen molar-refractivity contribution in [2.75, 3.05) is 18.8 Å². The van der Waals surface area contributed by atoms with Crippen LogP contribution in [-0.4, -0.2) is 27.6 Å². The number of hydrogen-bond donors (Lipinski definition) is 1. The number of piperidine rings is 1. The van der Waals surface area contributed by atoms with Crippen molar-refractivity contribution in [2.24, 2.45) is 5.92 Å². The van der Waals surface area contributed by atoms with Crippen LogP contribution in [0, 0.1) is 5.92 Å². The molecule has 0 atom stereocenters. The summed E-state index contributed by atoms with van der Waals surface area (Å²) in [5.41, 5.74) is 6.70. The number of aromatic nitrogens is 2. The second-order valence-electron chi connectivity index (χ2n) is 4.04. The molecule has 78 valence electrons. The number of rotatable bonds is 2. The molecule has 1 aromatic heterocycles. The molecule has 1 saturated heterocycles. The van der Waals surface area contributed by atoms with Gasteiger partial charge < -0.3 is 5.73 Å². The molecule has 0 bridgehead atoms. The van der Waals surface area contributed by atoms with Crippen LogP contribution in [0.2, 0.25) is 0 Å². The Kier molecular flexibility index (Phi) is 2.98. The lowest BCUT2D eigenvalue weighted by atomic mass is 9.99. The van der Waals surface area contributed by atoms with Gasteiger partial charge in [-0.2, -0.15) is 0 Å². The maximum Gasteiger partial charge on any atom is 0.132 e. The highest BCUT2D eigenvalue weighted by Gasteiger charge is 2.17. The van der Waals surface area contributed by atoms with Crippen LogP contribution in [0.3, 0.4) is 0 Å². The molecule has 0 unspecified atom stereocenters. The maximum atomic E-state index is 5.75. The van der Waals surface area contributed by atoms with Crippen LogP contribution in [0.1, 0.15) is 25.5 Å². The van der Waals surface area contributed by atoms with Gasteiger partial charge in [0.1, 0.15) is 10.7 Å². The Bertz CT molecular complexity index is 291. The molecule has 2 N–H and O–H groups in total. The third-order valence-electron chi connectivity index (χ3n) is 2.83. The topological polar surface area (TPSA) is 55.0 Å². The van der Waals surface area contributed by atoms with Crippen molar-refractivity contribution in [3.63, 3.8) is 0 Å². The summed E-state index contributed by atoms with van der Waals surface area (Å²) in [7, 11) is 0. The zero-order valence-corrected chi connectivity index (χ0v) is 9.26. The van der Waals surface area contributed by atoms with E-state index in [9.17, 15) is 0 Å². The van der Waals surface area contributed by atoms with Crippen molar-refractivity contribution in [1.82, 2.24) is 14.5 Å². The summed E-state index contributed by atoms with van der Waals surface area (Å²) >= 11 is 1.28. The minimum Gasteiger partial charge on any atom is -0.388 e. The first-order chi connectivity index (χ1) is 6.75. The molecule has 1 aliphatic rings. The molecule has 1 aromatic rings. The molecule has 5 heteroatoms. The minimum absolute atomic E-state index is 0.767. The lowest BCUT2D eigenvalue weighted by Gasteiger charge is -2.29. The largest absolute Gasteiger partial charge is 0.388 e. The van der Waals surface area contributed by atoms with E-state index in [1.54, 1.807) is 0 Å². The van der Waals surface area contributed by atoms with E-state index in [1.807, 2.05) is 0 Å². The van der Waals surface area contributed by atoms with Gasteiger partial charge in [0, 0.05) is 18.1 Å². The van der Waals surface area contributed by atoms with Crippen molar-refractivity contribution in [1.29, 1.82) is 0 Å². The van der Waals surface area contributed by atoms with E-state index in [4.69, 9.17) is 5.73 Å². The van der Waals surface area contributed by atoms with Gasteiger partial charge in [0.05, 0.1) is 0 Å². The van der Waals surface area contributed by atoms with E-state index < -0.39 is 0 Å². The molecule has 0 aromatic carbocycles. The second kappa shape index (κ2) is 4.23. The summed E-state index contributed by atoms with van der Waals surface area (Å²) < 4.78 is 3.84. The normalized spacial score (nSPS) is 20.1. The van der Waals surface area contributed by atoms with E-state index in [-0.39, 0.29) is 0 Å². The predicted molar refractivity (Wildman–Crippen MR) is 58.0 cm³/mol. The third kappa shape index (κ3) is 2.22. The minimum atomic E-state index is 0.767. The van der Waals surface area contributed by atoms with E-state index in [1.165, 1.54) is 24.4 Å². The highest BCUT2D eigenvalue weighted by Crippen LogP contribution is 2.20.